The van der Waals surface area contributed by atoms with Crippen molar-refractivity contribution in [3.05, 3.63) is 42.0 Å². The van der Waals surface area contributed by atoms with Crippen LogP contribution in [0.15, 0.2) is 24.8 Å². The van der Waals surface area contributed by atoms with Gasteiger partial charge < -0.3 is 4.57 Å². The maximum absolute atomic E-state index is 12.0. The molecule has 16 heavy (non-hydrogen) atoms. The Morgan fingerprint density at radius 2 is 2.12 bits per heavy atom. The smallest absolute Gasteiger partial charge is 0.248 e. The quantitative estimate of drug-likeness (QED) is 0.724. The summed E-state index contributed by atoms with van der Waals surface area (Å²) in [6.45, 7) is 4.49. The van der Waals surface area contributed by atoms with Crippen molar-refractivity contribution in [2.45, 2.75) is 20.4 Å². The van der Waals surface area contributed by atoms with Crippen molar-refractivity contribution in [2.24, 2.45) is 0 Å². The van der Waals surface area contributed by atoms with Gasteiger partial charge in [0, 0.05) is 25.1 Å². The monoisotopic (exact) mass is 216 g/mol. The number of carbonyl (C=O) groups is 1. The Morgan fingerprint density at radius 1 is 1.31 bits per heavy atom. The molecule has 0 N–H and O–H groups in total. The van der Waals surface area contributed by atoms with E-state index in [9.17, 15) is 4.79 Å². The number of aryl methyl sites for hydroxylation is 2. The molecule has 0 radical (unpaired) electrons. The van der Waals surface area contributed by atoms with Gasteiger partial charge in [-0.1, -0.05) is 0 Å². The van der Waals surface area contributed by atoms with E-state index in [2.05, 4.69) is 15.0 Å². The van der Waals surface area contributed by atoms with Crippen LogP contribution in [-0.2, 0) is 6.54 Å². The van der Waals surface area contributed by atoms with Crippen LogP contribution < -0.4 is 0 Å². The Labute approximate surface area is 93.2 Å². The molecular formula is C11H12N4O. The lowest BCUT2D eigenvalue weighted by molar-refractivity contribution is 0.102. The van der Waals surface area contributed by atoms with Crippen LogP contribution in [0.3, 0.4) is 0 Å². The molecule has 2 aromatic heterocycles. The average Bonchev–Trinajstić information content (AvgIpc) is 2.77. The molecule has 0 amide bonds. The number of carbonyl (C=O) groups excluding carboxylic acids is 1. The van der Waals surface area contributed by atoms with Crippen molar-refractivity contribution in [1.29, 1.82) is 0 Å². The second-order valence-electron chi connectivity index (χ2n) is 3.41. The third-order valence-corrected chi connectivity index (χ3v) is 2.27. The number of aromatic nitrogens is 4. The number of hydrogen-bond acceptors (Lipinski definition) is 4. The van der Waals surface area contributed by atoms with Gasteiger partial charge in [-0.2, -0.15) is 0 Å². The second kappa shape index (κ2) is 4.22. The lowest BCUT2D eigenvalue weighted by atomic mass is 10.2. The molecule has 0 bridgehead atoms. The first-order valence-corrected chi connectivity index (χ1v) is 5.07. The zero-order chi connectivity index (χ0) is 11.5. The molecule has 82 valence electrons. The zero-order valence-corrected chi connectivity index (χ0v) is 9.21. The summed E-state index contributed by atoms with van der Waals surface area (Å²) in [7, 11) is 0. The Hall–Kier alpha value is -2.04. The van der Waals surface area contributed by atoms with Gasteiger partial charge in [0.1, 0.15) is 5.69 Å². The van der Waals surface area contributed by atoms with E-state index in [1.54, 1.807) is 23.2 Å². The molecule has 0 aliphatic rings. The van der Waals surface area contributed by atoms with E-state index < -0.39 is 0 Å². The minimum Gasteiger partial charge on any atom is -0.328 e. The van der Waals surface area contributed by atoms with Gasteiger partial charge in [0.15, 0.2) is 5.82 Å². The van der Waals surface area contributed by atoms with E-state index >= 15 is 0 Å². The first-order valence-electron chi connectivity index (χ1n) is 5.07. The highest BCUT2D eigenvalue weighted by molar-refractivity contribution is 6.05. The second-order valence-corrected chi connectivity index (χ2v) is 3.41. The van der Waals surface area contributed by atoms with Gasteiger partial charge >= 0.3 is 0 Å². The van der Waals surface area contributed by atoms with E-state index in [0.717, 1.165) is 5.69 Å². The summed E-state index contributed by atoms with van der Waals surface area (Å²) in [6.07, 6.45) is 6.44. The van der Waals surface area contributed by atoms with Gasteiger partial charge in [-0.05, 0) is 13.8 Å². The molecule has 5 nitrogen and oxygen atoms in total. The molecule has 2 aromatic rings. The predicted molar refractivity (Wildman–Crippen MR) is 58.1 cm³/mol. The fourth-order valence-electron chi connectivity index (χ4n) is 1.40. The maximum Gasteiger partial charge on any atom is 0.248 e. The highest BCUT2D eigenvalue weighted by Gasteiger charge is 2.15. The van der Waals surface area contributed by atoms with Crippen LogP contribution in [-0.4, -0.2) is 25.3 Å². The van der Waals surface area contributed by atoms with Crippen molar-refractivity contribution >= 4 is 5.78 Å². The van der Waals surface area contributed by atoms with Crippen LogP contribution in [0.5, 0.6) is 0 Å². The first kappa shape index (κ1) is 10.5. The number of ketones is 1. The Morgan fingerprint density at radius 3 is 2.75 bits per heavy atom. The summed E-state index contributed by atoms with van der Waals surface area (Å²) in [5, 5.41) is 0. The summed E-state index contributed by atoms with van der Waals surface area (Å²) in [4.78, 5) is 24.1. The molecule has 2 rings (SSSR count). The molecule has 0 aromatic carbocycles. The van der Waals surface area contributed by atoms with Crippen LogP contribution in [0.2, 0.25) is 0 Å². The molecule has 5 heteroatoms. The molecule has 0 unspecified atom stereocenters. The van der Waals surface area contributed by atoms with Gasteiger partial charge in [0.25, 0.3) is 0 Å². The minimum atomic E-state index is -0.195. The Bertz CT molecular complexity index is 501. The molecule has 0 fully saturated rings. The first-order chi connectivity index (χ1) is 7.72. The largest absolute Gasteiger partial charge is 0.328 e. The van der Waals surface area contributed by atoms with E-state index in [1.165, 1.54) is 6.20 Å². The highest BCUT2D eigenvalue weighted by atomic mass is 16.1. The molecule has 0 saturated carbocycles. The van der Waals surface area contributed by atoms with Crippen LogP contribution >= 0.6 is 0 Å². The van der Waals surface area contributed by atoms with Crippen molar-refractivity contribution in [3.63, 3.8) is 0 Å². The van der Waals surface area contributed by atoms with Crippen molar-refractivity contribution < 1.29 is 4.79 Å². The molecule has 0 saturated heterocycles. The Balaban J connectivity index is 2.35. The predicted octanol–water partition coefficient (Wildman–Crippen LogP) is 1.23. The summed E-state index contributed by atoms with van der Waals surface area (Å²) < 4.78 is 1.78. The average molecular weight is 216 g/mol. The fourth-order valence-corrected chi connectivity index (χ4v) is 1.40. The van der Waals surface area contributed by atoms with Crippen LogP contribution in [0.4, 0.5) is 0 Å². The van der Waals surface area contributed by atoms with E-state index in [-0.39, 0.29) is 5.78 Å². The molecular weight excluding hydrogens is 204 g/mol. The van der Waals surface area contributed by atoms with Gasteiger partial charge in [-0.3, -0.25) is 9.78 Å². The zero-order valence-electron chi connectivity index (χ0n) is 9.21. The topological polar surface area (TPSA) is 60.7 Å². The maximum atomic E-state index is 12.0. The van der Waals surface area contributed by atoms with Crippen LogP contribution in [0.1, 0.15) is 28.9 Å². The lowest BCUT2D eigenvalue weighted by Gasteiger charge is -2.02. The molecule has 2 heterocycles. The molecule has 0 aliphatic carbocycles. The van der Waals surface area contributed by atoms with Gasteiger partial charge in [-0.25, -0.2) is 9.97 Å². The number of rotatable bonds is 3. The van der Waals surface area contributed by atoms with Crippen molar-refractivity contribution in [2.75, 3.05) is 0 Å². The van der Waals surface area contributed by atoms with Crippen molar-refractivity contribution in [3.8, 4) is 0 Å². The molecule has 0 atom stereocenters. The summed E-state index contributed by atoms with van der Waals surface area (Å²) in [5.41, 5.74) is 1.11. The molecule has 0 aliphatic heterocycles. The fraction of sp³-hybridized carbons (Fsp3) is 0.273. The minimum absolute atomic E-state index is 0.195. The van der Waals surface area contributed by atoms with Crippen LogP contribution in [0, 0.1) is 6.92 Å². The number of nitrogens with zero attached hydrogens (tertiary/aromatic N) is 4. The van der Waals surface area contributed by atoms with Crippen molar-refractivity contribution in [1.82, 2.24) is 19.5 Å². The van der Waals surface area contributed by atoms with E-state index in [4.69, 9.17) is 0 Å². The van der Waals surface area contributed by atoms with Gasteiger partial charge in [0.05, 0.1) is 11.9 Å². The summed E-state index contributed by atoms with van der Waals surface area (Å²) in [5.74, 6) is 0.208. The highest BCUT2D eigenvalue weighted by Crippen LogP contribution is 2.05. The third kappa shape index (κ3) is 1.84. The normalized spacial score (nSPS) is 10.4. The number of imidazole rings is 1. The third-order valence-electron chi connectivity index (χ3n) is 2.27. The van der Waals surface area contributed by atoms with Gasteiger partial charge in [-0.15, -0.1) is 0 Å². The van der Waals surface area contributed by atoms with E-state index in [0.29, 0.717) is 18.1 Å². The summed E-state index contributed by atoms with van der Waals surface area (Å²) >= 11 is 0. The Kier molecular flexibility index (Phi) is 2.76. The SMILES string of the molecule is CCn1ccnc1C(=O)c1cnc(C)cn1. The van der Waals surface area contributed by atoms with E-state index in [1.807, 2.05) is 13.8 Å². The number of hydrogen-bond donors (Lipinski definition) is 0. The standard InChI is InChI=1S/C11H12N4O/c1-3-15-5-4-12-11(15)10(16)9-7-13-8(2)6-14-9/h4-7H,3H2,1-2H3. The lowest BCUT2D eigenvalue weighted by Crippen LogP contribution is -2.12. The summed E-state index contributed by atoms with van der Waals surface area (Å²) in [6, 6.07) is 0. The molecule has 0 spiro atoms. The van der Waals surface area contributed by atoms with Gasteiger partial charge in [0.2, 0.25) is 5.78 Å². The van der Waals surface area contributed by atoms with Crippen LogP contribution in [0.25, 0.3) is 0 Å².